The van der Waals surface area contributed by atoms with Gasteiger partial charge in [0.2, 0.25) is 0 Å². The highest BCUT2D eigenvalue weighted by atomic mass is 16.5. The second-order valence-electron chi connectivity index (χ2n) is 3.97. The number of aliphatic hydroxyl groups is 1. The SMILES string of the molecule is COCCNCC(O)Cn1c(C)cccc1=O. The van der Waals surface area contributed by atoms with Crippen molar-refractivity contribution < 1.29 is 9.84 Å². The zero-order valence-electron chi connectivity index (χ0n) is 10.3. The molecule has 0 saturated heterocycles. The number of nitrogens with zero attached hydrogens (tertiary/aromatic N) is 1. The molecule has 0 aliphatic heterocycles. The average Bonchev–Trinajstić information content (AvgIpc) is 2.30. The Morgan fingerprint density at radius 3 is 2.94 bits per heavy atom. The van der Waals surface area contributed by atoms with Gasteiger partial charge in [-0.25, -0.2) is 0 Å². The molecule has 1 unspecified atom stereocenters. The van der Waals surface area contributed by atoms with Crippen LogP contribution in [0.3, 0.4) is 0 Å². The summed E-state index contributed by atoms with van der Waals surface area (Å²) in [5.74, 6) is 0. The normalized spacial score (nSPS) is 12.6. The molecule has 1 aromatic rings. The monoisotopic (exact) mass is 240 g/mol. The Hall–Kier alpha value is -1.17. The molecule has 1 atom stereocenters. The van der Waals surface area contributed by atoms with Crippen molar-refractivity contribution in [2.75, 3.05) is 26.8 Å². The standard InChI is InChI=1S/C12H20N2O3/c1-10-4-3-5-12(16)14(10)9-11(15)8-13-6-7-17-2/h3-5,11,13,15H,6-9H2,1-2H3. The summed E-state index contributed by atoms with van der Waals surface area (Å²) >= 11 is 0. The van der Waals surface area contributed by atoms with Gasteiger partial charge in [0, 0.05) is 32.0 Å². The number of hydrogen-bond donors (Lipinski definition) is 2. The lowest BCUT2D eigenvalue weighted by molar-refractivity contribution is 0.142. The summed E-state index contributed by atoms with van der Waals surface area (Å²) in [6.45, 7) is 3.91. The maximum Gasteiger partial charge on any atom is 0.250 e. The molecular formula is C12H20N2O3. The van der Waals surface area contributed by atoms with Gasteiger partial charge in [0.1, 0.15) is 0 Å². The van der Waals surface area contributed by atoms with Gasteiger partial charge < -0.3 is 19.7 Å². The van der Waals surface area contributed by atoms with Crippen LogP contribution >= 0.6 is 0 Å². The van der Waals surface area contributed by atoms with Crippen LogP contribution in [-0.4, -0.2) is 42.6 Å². The number of ether oxygens (including phenoxy) is 1. The summed E-state index contributed by atoms with van der Waals surface area (Å²) in [5.41, 5.74) is 0.773. The van der Waals surface area contributed by atoms with E-state index in [1.807, 2.05) is 13.0 Å². The zero-order valence-corrected chi connectivity index (χ0v) is 10.3. The molecule has 1 heterocycles. The van der Waals surface area contributed by atoms with E-state index < -0.39 is 6.10 Å². The molecule has 17 heavy (non-hydrogen) atoms. The second kappa shape index (κ2) is 7.21. The molecule has 0 radical (unpaired) electrons. The first-order chi connectivity index (χ1) is 8.15. The molecule has 1 rings (SSSR count). The molecule has 2 N–H and O–H groups in total. The summed E-state index contributed by atoms with van der Waals surface area (Å²) < 4.78 is 6.45. The fourth-order valence-corrected chi connectivity index (χ4v) is 1.58. The topological polar surface area (TPSA) is 63.5 Å². The van der Waals surface area contributed by atoms with E-state index in [0.29, 0.717) is 26.2 Å². The van der Waals surface area contributed by atoms with Gasteiger partial charge in [-0.15, -0.1) is 0 Å². The molecule has 0 fully saturated rings. The van der Waals surface area contributed by atoms with Crippen molar-refractivity contribution in [2.24, 2.45) is 0 Å². The van der Waals surface area contributed by atoms with Crippen LogP contribution in [0.4, 0.5) is 0 Å². The average molecular weight is 240 g/mol. The van der Waals surface area contributed by atoms with Gasteiger partial charge in [-0.1, -0.05) is 6.07 Å². The quantitative estimate of drug-likeness (QED) is 0.645. The Kier molecular flexibility index (Phi) is 5.90. The van der Waals surface area contributed by atoms with E-state index in [0.717, 1.165) is 5.69 Å². The Bertz CT molecular complexity index is 390. The smallest absolute Gasteiger partial charge is 0.250 e. The number of hydrogen-bond acceptors (Lipinski definition) is 4. The maximum atomic E-state index is 11.6. The number of pyridine rings is 1. The van der Waals surface area contributed by atoms with Crippen molar-refractivity contribution in [1.82, 2.24) is 9.88 Å². The minimum absolute atomic E-state index is 0.0825. The second-order valence-corrected chi connectivity index (χ2v) is 3.97. The number of aryl methyl sites for hydroxylation is 1. The minimum Gasteiger partial charge on any atom is -0.390 e. The number of aromatic nitrogens is 1. The van der Waals surface area contributed by atoms with Crippen LogP contribution in [0.15, 0.2) is 23.0 Å². The first-order valence-electron chi connectivity index (χ1n) is 5.69. The molecule has 5 heteroatoms. The lowest BCUT2D eigenvalue weighted by atomic mass is 10.3. The third-order valence-electron chi connectivity index (χ3n) is 2.52. The highest BCUT2D eigenvalue weighted by Gasteiger charge is 2.07. The van der Waals surface area contributed by atoms with Gasteiger partial charge in [-0.05, 0) is 13.0 Å². The molecule has 0 aromatic carbocycles. The molecule has 0 amide bonds. The predicted octanol–water partition coefficient (Wildman–Crippen LogP) is -0.246. The van der Waals surface area contributed by atoms with E-state index in [1.165, 1.54) is 6.07 Å². The molecule has 0 aliphatic rings. The third-order valence-corrected chi connectivity index (χ3v) is 2.52. The maximum absolute atomic E-state index is 11.6. The first-order valence-corrected chi connectivity index (χ1v) is 5.69. The molecule has 1 aromatic heterocycles. The summed E-state index contributed by atoms with van der Waals surface area (Å²) in [5, 5.41) is 12.8. The Balaban J connectivity index is 2.45. The number of nitrogens with one attached hydrogen (secondary N) is 1. The molecule has 96 valence electrons. The van der Waals surface area contributed by atoms with Gasteiger partial charge in [-0.3, -0.25) is 4.79 Å². The van der Waals surface area contributed by atoms with Crippen LogP contribution in [0.2, 0.25) is 0 Å². The van der Waals surface area contributed by atoms with E-state index in [2.05, 4.69) is 5.32 Å². The third kappa shape index (κ3) is 4.68. The van der Waals surface area contributed by atoms with E-state index >= 15 is 0 Å². The fourth-order valence-electron chi connectivity index (χ4n) is 1.58. The summed E-state index contributed by atoms with van der Waals surface area (Å²) in [7, 11) is 1.63. The lowest BCUT2D eigenvalue weighted by Gasteiger charge is -2.15. The molecular weight excluding hydrogens is 220 g/mol. The Morgan fingerprint density at radius 1 is 1.53 bits per heavy atom. The van der Waals surface area contributed by atoms with E-state index in [4.69, 9.17) is 4.74 Å². The van der Waals surface area contributed by atoms with Crippen LogP contribution in [0.25, 0.3) is 0 Å². The van der Waals surface area contributed by atoms with Crippen molar-refractivity contribution in [2.45, 2.75) is 19.6 Å². The van der Waals surface area contributed by atoms with Crippen molar-refractivity contribution in [1.29, 1.82) is 0 Å². The Labute approximate surface area is 101 Å². The molecule has 0 aliphatic carbocycles. The van der Waals surface area contributed by atoms with Gasteiger partial charge in [0.05, 0.1) is 19.3 Å². The number of aliphatic hydroxyl groups excluding tert-OH is 1. The Morgan fingerprint density at radius 2 is 2.29 bits per heavy atom. The van der Waals surface area contributed by atoms with Crippen molar-refractivity contribution in [3.05, 3.63) is 34.2 Å². The lowest BCUT2D eigenvalue weighted by Crippen LogP contribution is -2.35. The first kappa shape index (κ1) is 13.9. The van der Waals surface area contributed by atoms with Crippen LogP contribution < -0.4 is 10.9 Å². The minimum atomic E-state index is -0.578. The number of rotatable bonds is 7. The molecule has 5 nitrogen and oxygen atoms in total. The van der Waals surface area contributed by atoms with E-state index in [-0.39, 0.29) is 5.56 Å². The van der Waals surface area contributed by atoms with Gasteiger partial charge >= 0.3 is 0 Å². The van der Waals surface area contributed by atoms with Crippen LogP contribution in [0.1, 0.15) is 5.69 Å². The summed E-state index contributed by atoms with van der Waals surface area (Å²) in [6, 6.07) is 5.07. The number of methoxy groups -OCH3 is 1. The van der Waals surface area contributed by atoms with E-state index in [1.54, 1.807) is 17.7 Å². The van der Waals surface area contributed by atoms with Crippen molar-refractivity contribution in [3.8, 4) is 0 Å². The van der Waals surface area contributed by atoms with Gasteiger partial charge in [0.25, 0.3) is 5.56 Å². The van der Waals surface area contributed by atoms with E-state index in [9.17, 15) is 9.90 Å². The van der Waals surface area contributed by atoms with Gasteiger partial charge in [0.15, 0.2) is 0 Å². The van der Waals surface area contributed by atoms with Crippen LogP contribution in [0, 0.1) is 6.92 Å². The highest BCUT2D eigenvalue weighted by Crippen LogP contribution is 1.95. The zero-order chi connectivity index (χ0) is 12.7. The predicted molar refractivity (Wildman–Crippen MR) is 66.2 cm³/mol. The largest absolute Gasteiger partial charge is 0.390 e. The molecule has 0 bridgehead atoms. The van der Waals surface area contributed by atoms with Crippen LogP contribution in [-0.2, 0) is 11.3 Å². The van der Waals surface area contributed by atoms with Gasteiger partial charge in [-0.2, -0.15) is 0 Å². The summed E-state index contributed by atoms with van der Waals surface area (Å²) in [4.78, 5) is 11.6. The highest BCUT2D eigenvalue weighted by molar-refractivity contribution is 5.04. The fraction of sp³-hybridized carbons (Fsp3) is 0.583. The van der Waals surface area contributed by atoms with Crippen molar-refractivity contribution >= 4 is 0 Å². The molecule has 0 saturated carbocycles. The van der Waals surface area contributed by atoms with Crippen molar-refractivity contribution in [3.63, 3.8) is 0 Å². The van der Waals surface area contributed by atoms with Crippen LogP contribution in [0.5, 0.6) is 0 Å². The summed E-state index contributed by atoms with van der Waals surface area (Å²) in [6.07, 6.45) is -0.578. The molecule has 0 spiro atoms.